The molecule has 0 spiro atoms. The number of hydrogen-bond acceptors (Lipinski definition) is 5. The van der Waals surface area contributed by atoms with Crippen LogP contribution < -0.4 is 10.2 Å². The van der Waals surface area contributed by atoms with E-state index in [1.165, 1.54) is 23.3 Å². The van der Waals surface area contributed by atoms with Gasteiger partial charge in [0.05, 0.1) is 6.04 Å². The van der Waals surface area contributed by atoms with Crippen molar-refractivity contribution in [3.05, 3.63) is 40.9 Å². The molecule has 3 heterocycles. The van der Waals surface area contributed by atoms with Crippen LogP contribution in [0.3, 0.4) is 0 Å². The summed E-state index contributed by atoms with van der Waals surface area (Å²) in [6, 6.07) is 7.95. The van der Waals surface area contributed by atoms with Crippen LogP contribution in [0, 0.1) is 6.92 Å². The molecule has 0 radical (unpaired) electrons. The van der Waals surface area contributed by atoms with Crippen molar-refractivity contribution < 1.29 is 4.79 Å². The molecule has 4 rings (SSSR count). The van der Waals surface area contributed by atoms with Gasteiger partial charge in [-0.2, -0.15) is 0 Å². The quantitative estimate of drug-likeness (QED) is 0.873. The highest BCUT2D eigenvalue weighted by molar-refractivity contribution is 7.15. The molecule has 1 aromatic heterocycles. The van der Waals surface area contributed by atoms with Gasteiger partial charge in [0.1, 0.15) is 0 Å². The Kier molecular flexibility index (Phi) is 5.22. The smallest absolute Gasteiger partial charge is 0.241 e. The fourth-order valence-corrected chi connectivity index (χ4v) is 4.79. The Morgan fingerprint density at radius 2 is 1.96 bits per heavy atom. The number of aryl methyl sites for hydroxylation is 1. The van der Waals surface area contributed by atoms with Crippen LogP contribution in [0.4, 0.5) is 10.8 Å². The van der Waals surface area contributed by atoms with Crippen LogP contribution in [-0.2, 0) is 11.3 Å². The second-order valence-corrected chi connectivity index (χ2v) is 8.38. The first-order chi connectivity index (χ1) is 12.7. The van der Waals surface area contributed by atoms with Gasteiger partial charge >= 0.3 is 0 Å². The Labute approximate surface area is 159 Å². The molecule has 2 fully saturated rings. The van der Waals surface area contributed by atoms with Gasteiger partial charge in [0.25, 0.3) is 0 Å². The maximum absolute atomic E-state index is 12.7. The normalized spacial score (nSPS) is 20.7. The molecule has 1 aromatic carbocycles. The average molecular weight is 371 g/mol. The number of carbonyl (C=O) groups is 1. The predicted molar refractivity (Wildman–Crippen MR) is 107 cm³/mol. The van der Waals surface area contributed by atoms with E-state index in [0.29, 0.717) is 0 Å². The molecule has 2 aromatic rings. The summed E-state index contributed by atoms with van der Waals surface area (Å²) in [5.74, 6) is 0.107. The minimum atomic E-state index is -0.0476. The van der Waals surface area contributed by atoms with Gasteiger partial charge in [-0.1, -0.05) is 17.7 Å². The summed E-state index contributed by atoms with van der Waals surface area (Å²) < 4.78 is 0. The number of amides is 1. The molecule has 2 saturated heterocycles. The number of rotatable bonds is 5. The summed E-state index contributed by atoms with van der Waals surface area (Å²) in [5.41, 5.74) is 2.08. The minimum absolute atomic E-state index is 0.0476. The highest BCUT2D eigenvalue weighted by atomic mass is 32.1. The van der Waals surface area contributed by atoms with E-state index in [1.54, 1.807) is 11.3 Å². The molecule has 6 heteroatoms. The Morgan fingerprint density at radius 1 is 1.19 bits per heavy atom. The van der Waals surface area contributed by atoms with Gasteiger partial charge in [0.15, 0.2) is 5.13 Å². The van der Waals surface area contributed by atoms with Crippen molar-refractivity contribution in [2.24, 2.45) is 0 Å². The zero-order chi connectivity index (χ0) is 17.9. The standard InChI is InChI=1S/C20H26N4OS/c1-15-6-8-16(9-7-15)22-19(25)18-5-4-12-24(18)14-17-13-21-20(26-17)23-10-2-3-11-23/h6-9,13,18H,2-5,10-12,14H2,1H3,(H,22,25)/t18-/m0/s1. The molecular weight excluding hydrogens is 344 g/mol. The van der Waals surface area contributed by atoms with E-state index in [1.807, 2.05) is 30.5 Å². The molecule has 1 N–H and O–H groups in total. The molecule has 1 atom stereocenters. The van der Waals surface area contributed by atoms with Crippen molar-refractivity contribution in [1.82, 2.24) is 9.88 Å². The van der Waals surface area contributed by atoms with E-state index >= 15 is 0 Å². The van der Waals surface area contributed by atoms with Gasteiger partial charge in [0, 0.05) is 36.4 Å². The lowest BCUT2D eigenvalue weighted by molar-refractivity contribution is -0.120. The zero-order valence-corrected chi connectivity index (χ0v) is 16.1. The molecule has 0 aliphatic carbocycles. The number of thiazole rings is 1. The molecule has 26 heavy (non-hydrogen) atoms. The van der Waals surface area contributed by atoms with Crippen molar-refractivity contribution in [2.45, 2.75) is 45.2 Å². The van der Waals surface area contributed by atoms with Crippen LogP contribution in [-0.4, -0.2) is 41.5 Å². The largest absolute Gasteiger partial charge is 0.348 e. The van der Waals surface area contributed by atoms with Crippen LogP contribution in [0.5, 0.6) is 0 Å². The number of hydrogen-bond donors (Lipinski definition) is 1. The monoisotopic (exact) mass is 370 g/mol. The number of benzene rings is 1. The zero-order valence-electron chi connectivity index (χ0n) is 15.3. The molecule has 0 saturated carbocycles. The van der Waals surface area contributed by atoms with E-state index in [-0.39, 0.29) is 11.9 Å². The van der Waals surface area contributed by atoms with Gasteiger partial charge < -0.3 is 10.2 Å². The van der Waals surface area contributed by atoms with Crippen LogP contribution in [0.15, 0.2) is 30.5 Å². The SMILES string of the molecule is Cc1ccc(NC(=O)[C@@H]2CCCN2Cc2cnc(N3CCCC3)s2)cc1. The van der Waals surface area contributed by atoms with Crippen LogP contribution in [0.1, 0.15) is 36.1 Å². The van der Waals surface area contributed by atoms with E-state index in [2.05, 4.69) is 27.0 Å². The van der Waals surface area contributed by atoms with Crippen LogP contribution >= 0.6 is 11.3 Å². The molecule has 1 amide bonds. The first-order valence-corrected chi connectivity index (χ1v) is 10.3. The Bertz CT molecular complexity index is 751. The lowest BCUT2D eigenvalue weighted by Gasteiger charge is -2.23. The Morgan fingerprint density at radius 3 is 2.73 bits per heavy atom. The second-order valence-electron chi connectivity index (χ2n) is 7.29. The molecule has 0 bridgehead atoms. The Balaban J connectivity index is 1.38. The fourth-order valence-electron chi connectivity index (χ4n) is 3.80. The Hall–Kier alpha value is -1.92. The molecular formula is C20H26N4OS. The lowest BCUT2D eigenvalue weighted by Crippen LogP contribution is -2.39. The summed E-state index contributed by atoms with van der Waals surface area (Å²) >= 11 is 1.78. The van der Waals surface area contributed by atoms with Crippen molar-refractivity contribution in [2.75, 3.05) is 29.9 Å². The van der Waals surface area contributed by atoms with Crippen LogP contribution in [0.25, 0.3) is 0 Å². The fraction of sp³-hybridized carbons (Fsp3) is 0.500. The summed E-state index contributed by atoms with van der Waals surface area (Å²) in [5, 5.41) is 4.21. The second kappa shape index (κ2) is 7.76. The molecule has 2 aliphatic heterocycles. The van der Waals surface area contributed by atoms with Crippen LogP contribution in [0.2, 0.25) is 0 Å². The third-order valence-electron chi connectivity index (χ3n) is 5.26. The summed E-state index contributed by atoms with van der Waals surface area (Å²) in [7, 11) is 0. The third kappa shape index (κ3) is 3.91. The highest BCUT2D eigenvalue weighted by Crippen LogP contribution is 2.29. The number of nitrogens with zero attached hydrogens (tertiary/aromatic N) is 3. The minimum Gasteiger partial charge on any atom is -0.348 e. The first-order valence-electron chi connectivity index (χ1n) is 9.50. The summed E-state index contributed by atoms with van der Waals surface area (Å²) in [4.78, 5) is 23.3. The number of likely N-dealkylation sites (tertiary alicyclic amines) is 1. The van der Waals surface area contributed by atoms with E-state index in [4.69, 9.17) is 0 Å². The summed E-state index contributed by atoms with van der Waals surface area (Å²) in [6.07, 6.45) is 6.52. The van der Waals surface area contributed by atoms with Gasteiger partial charge in [-0.05, 0) is 51.3 Å². The molecule has 0 unspecified atom stereocenters. The van der Waals surface area contributed by atoms with Gasteiger partial charge in [-0.25, -0.2) is 4.98 Å². The number of nitrogens with one attached hydrogen (secondary N) is 1. The van der Waals surface area contributed by atoms with E-state index < -0.39 is 0 Å². The third-order valence-corrected chi connectivity index (χ3v) is 6.31. The van der Waals surface area contributed by atoms with E-state index in [9.17, 15) is 4.79 Å². The van der Waals surface area contributed by atoms with Crippen molar-refractivity contribution >= 4 is 28.1 Å². The van der Waals surface area contributed by atoms with Gasteiger partial charge in [-0.3, -0.25) is 9.69 Å². The first kappa shape index (κ1) is 17.5. The number of anilines is 2. The highest BCUT2D eigenvalue weighted by Gasteiger charge is 2.31. The lowest BCUT2D eigenvalue weighted by atomic mass is 10.2. The van der Waals surface area contributed by atoms with Gasteiger partial charge in [-0.15, -0.1) is 11.3 Å². The van der Waals surface area contributed by atoms with E-state index in [0.717, 1.165) is 49.8 Å². The topological polar surface area (TPSA) is 48.5 Å². The average Bonchev–Trinajstić information content (AvgIpc) is 3.38. The van der Waals surface area contributed by atoms with Gasteiger partial charge in [0.2, 0.25) is 5.91 Å². The van der Waals surface area contributed by atoms with Crippen molar-refractivity contribution in [1.29, 1.82) is 0 Å². The maximum Gasteiger partial charge on any atom is 0.241 e. The molecule has 138 valence electrons. The maximum atomic E-state index is 12.7. The van der Waals surface area contributed by atoms with Crippen molar-refractivity contribution in [3.63, 3.8) is 0 Å². The molecule has 2 aliphatic rings. The predicted octanol–water partition coefficient (Wildman–Crippen LogP) is 3.65. The summed E-state index contributed by atoms with van der Waals surface area (Å²) in [6.45, 7) is 6.09. The molecule has 5 nitrogen and oxygen atoms in total. The number of aromatic nitrogens is 1. The number of carbonyl (C=O) groups excluding carboxylic acids is 1. The van der Waals surface area contributed by atoms with Crippen molar-refractivity contribution in [3.8, 4) is 0 Å².